The van der Waals surface area contributed by atoms with Crippen LogP contribution in [0.4, 0.5) is 0 Å². The van der Waals surface area contributed by atoms with Gasteiger partial charge in [0.1, 0.15) is 6.04 Å². The Hall–Kier alpha value is -0.190. The van der Waals surface area contributed by atoms with Crippen LogP contribution in [0.2, 0.25) is 0 Å². The number of hydrogen-bond acceptors (Lipinski definition) is 7. The van der Waals surface area contributed by atoms with Crippen LogP contribution in [0, 0.1) is 0 Å². The summed E-state index contributed by atoms with van der Waals surface area (Å²) in [4.78, 5) is 21.8. The molecule has 0 radical (unpaired) electrons. The number of hydrogen-bond donors (Lipinski definition) is 1. The van der Waals surface area contributed by atoms with Crippen LogP contribution in [-0.4, -0.2) is 48.3 Å². The minimum Gasteiger partial charge on any atom is -0.731 e. The fourth-order valence-corrected chi connectivity index (χ4v) is 1.93. The number of methoxy groups -OCH3 is 1. The third kappa shape index (κ3) is 2.49. The first-order chi connectivity index (χ1) is 6.30. The number of carbonyl (C=O) groups excluding carboxylic acids is 2. The van der Waals surface area contributed by atoms with E-state index in [9.17, 15) is 22.6 Å². The molecule has 0 saturated carbocycles. The van der Waals surface area contributed by atoms with Gasteiger partial charge in [-0.3, -0.25) is 4.79 Å². The second-order valence-electron chi connectivity index (χ2n) is 2.59. The van der Waals surface area contributed by atoms with Crippen molar-refractivity contribution < 1.29 is 56.9 Å². The molecule has 1 aliphatic rings. The second kappa shape index (κ2) is 4.76. The predicted octanol–water partition coefficient (Wildman–Crippen LogP) is -5.84. The fourth-order valence-electron chi connectivity index (χ4n) is 1.10. The molecule has 0 unspecified atom stereocenters. The Balaban J connectivity index is 0.00000196. The summed E-state index contributed by atoms with van der Waals surface area (Å²) < 4.78 is 35.5. The molecule has 1 amide bonds. The molecule has 0 spiro atoms. The molecule has 80 valence electrons. The first kappa shape index (κ1) is 14.8. The van der Waals surface area contributed by atoms with Crippen LogP contribution in [0.1, 0.15) is 0 Å². The minimum absolute atomic E-state index is 0. The van der Waals surface area contributed by atoms with E-state index in [2.05, 4.69) is 4.74 Å². The number of rotatable bonds is 2. The quantitative estimate of drug-likeness (QED) is 0.222. The zero-order valence-electron chi connectivity index (χ0n) is 8.04. The van der Waals surface area contributed by atoms with Gasteiger partial charge < -0.3 is 15.0 Å². The average Bonchev–Trinajstić information content (AvgIpc) is 2.09. The van der Waals surface area contributed by atoms with E-state index < -0.39 is 34.3 Å². The van der Waals surface area contributed by atoms with Gasteiger partial charge >= 0.3 is 35.5 Å². The molecule has 0 aliphatic carbocycles. The maximum absolute atomic E-state index is 10.9. The molecule has 1 saturated heterocycles. The predicted molar refractivity (Wildman–Crippen MR) is 40.3 cm³/mol. The number of carbonyl (C=O) groups is 2. The van der Waals surface area contributed by atoms with Crippen molar-refractivity contribution >= 4 is 22.2 Å². The van der Waals surface area contributed by atoms with Gasteiger partial charge in [-0.05, 0) is 0 Å². The molecule has 0 aromatic carbocycles. The SMILES string of the molecule is COC(=O)[C@H]1[C@@H](N)C(=O)N1S(=O)(=O)[O-].[Na+]. The standard InChI is InChI=1S/C5H8N2O6S.Na/c1-13-5(9)3-2(6)4(8)7(3)14(10,11)12;/h2-3H,6H2,1H3,(H,10,11,12);/q;+1/p-1/t2-,3-;/m1./s1. The van der Waals surface area contributed by atoms with Gasteiger partial charge in [-0.25, -0.2) is 17.5 Å². The van der Waals surface area contributed by atoms with Gasteiger partial charge in [0, 0.05) is 0 Å². The molecule has 1 rings (SSSR count). The molecule has 10 heteroatoms. The summed E-state index contributed by atoms with van der Waals surface area (Å²) in [6, 6.07) is -2.86. The minimum atomic E-state index is -5.00. The number of amides is 1. The van der Waals surface area contributed by atoms with E-state index in [1.54, 1.807) is 0 Å². The van der Waals surface area contributed by atoms with Crippen molar-refractivity contribution in [2.75, 3.05) is 7.11 Å². The van der Waals surface area contributed by atoms with Crippen molar-refractivity contribution in [1.29, 1.82) is 0 Å². The summed E-state index contributed by atoms with van der Waals surface area (Å²) in [5.41, 5.74) is 5.13. The van der Waals surface area contributed by atoms with Crippen molar-refractivity contribution in [3.05, 3.63) is 0 Å². The third-order valence-corrected chi connectivity index (χ3v) is 2.67. The largest absolute Gasteiger partial charge is 1.00 e. The van der Waals surface area contributed by atoms with Crippen LogP contribution < -0.4 is 35.3 Å². The smallest absolute Gasteiger partial charge is 0.731 e. The molecule has 1 aliphatic heterocycles. The van der Waals surface area contributed by atoms with E-state index >= 15 is 0 Å². The Morgan fingerprint density at radius 3 is 2.40 bits per heavy atom. The van der Waals surface area contributed by atoms with Crippen molar-refractivity contribution in [2.45, 2.75) is 12.1 Å². The Labute approximate surface area is 108 Å². The maximum atomic E-state index is 10.9. The molecule has 15 heavy (non-hydrogen) atoms. The maximum Gasteiger partial charge on any atom is 1.00 e. The molecule has 8 nitrogen and oxygen atoms in total. The molecule has 0 aromatic rings. The molecule has 2 atom stereocenters. The summed E-state index contributed by atoms with van der Waals surface area (Å²) in [5, 5.41) is 0. The van der Waals surface area contributed by atoms with Gasteiger partial charge in [0.05, 0.1) is 7.11 Å². The monoisotopic (exact) mass is 246 g/mol. The van der Waals surface area contributed by atoms with Crippen molar-refractivity contribution in [3.63, 3.8) is 0 Å². The summed E-state index contributed by atoms with van der Waals surface area (Å²) in [6.45, 7) is 0. The first-order valence-electron chi connectivity index (χ1n) is 3.43. The van der Waals surface area contributed by atoms with Gasteiger partial charge in [0.25, 0.3) is 5.91 Å². The molecular weight excluding hydrogens is 239 g/mol. The van der Waals surface area contributed by atoms with Crippen LogP contribution >= 0.6 is 0 Å². The fraction of sp³-hybridized carbons (Fsp3) is 0.600. The number of nitrogens with zero attached hydrogens (tertiary/aromatic N) is 1. The van der Waals surface area contributed by atoms with E-state index in [1.165, 1.54) is 0 Å². The Morgan fingerprint density at radius 1 is 1.60 bits per heavy atom. The number of nitrogens with two attached hydrogens (primary N) is 1. The van der Waals surface area contributed by atoms with Crippen LogP contribution in [0.3, 0.4) is 0 Å². The topological polar surface area (TPSA) is 130 Å². The summed E-state index contributed by atoms with van der Waals surface area (Å²) >= 11 is 0. The Bertz CT molecular complexity index is 381. The van der Waals surface area contributed by atoms with Crippen molar-refractivity contribution in [2.24, 2.45) is 5.73 Å². The Morgan fingerprint density at radius 2 is 2.07 bits per heavy atom. The van der Waals surface area contributed by atoms with E-state index in [0.29, 0.717) is 0 Å². The van der Waals surface area contributed by atoms with E-state index in [1.807, 2.05) is 0 Å². The van der Waals surface area contributed by atoms with Gasteiger partial charge in [-0.1, -0.05) is 0 Å². The van der Waals surface area contributed by atoms with Crippen LogP contribution in [0.15, 0.2) is 0 Å². The Kier molecular flexibility index (Phi) is 4.70. The van der Waals surface area contributed by atoms with Crippen molar-refractivity contribution in [3.8, 4) is 0 Å². The van der Waals surface area contributed by atoms with Gasteiger partial charge in [0.15, 0.2) is 16.3 Å². The average molecular weight is 246 g/mol. The second-order valence-corrected chi connectivity index (χ2v) is 3.83. The summed E-state index contributed by atoms with van der Waals surface area (Å²) in [7, 11) is -4.01. The van der Waals surface area contributed by atoms with Crippen LogP contribution in [-0.2, 0) is 24.6 Å². The van der Waals surface area contributed by atoms with Gasteiger partial charge in [0.2, 0.25) is 0 Å². The van der Waals surface area contributed by atoms with Crippen LogP contribution in [0.5, 0.6) is 0 Å². The zero-order valence-corrected chi connectivity index (χ0v) is 10.9. The first-order valence-corrected chi connectivity index (χ1v) is 4.79. The van der Waals surface area contributed by atoms with Gasteiger partial charge in [-0.15, -0.1) is 0 Å². The third-order valence-electron chi connectivity index (χ3n) is 1.78. The normalized spacial score (nSPS) is 25.3. The summed E-state index contributed by atoms with van der Waals surface area (Å²) in [5.74, 6) is -2.13. The van der Waals surface area contributed by atoms with Crippen molar-refractivity contribution in [1.82, 2.24) is 4.31 Å². The molecule has 0 aromatic heterocycles. The van der Waals surface area contributed by atoms with E-state index in [-0.39, 0.29) is 33.9 Å². The zero-order chi connectivity index (χ0) is 11.1. The number of β-lactam (4-membered cyclic amide) rings is 1. The number of ether oxygens (including phenoxy) is 1. The van der Waals surface area contributed by atoms with E-state index in [0.717, 1.165) is 7.11 Å². The van der Waals surface area contributed by atoms with Crippen LogP contribution in [0.25, 0.3) is 0 Å². The molecule has 2 N–H and O–H groups in total. The summed E-state index contributed by atoms with van der Waals surface area (Å²) in [6.07, 6.45) is 0. The van der Waals surface area contributed by atoms with E-state index in [4.69, 9.17) is 5.73 Å². The molecular formula is C5H7N2NaO6S. The molecule has 1 heterocycles. The number of esters is 1. The van der Waals surface area contributed by atoms with Gasteiger partial charge in [-0.2, -0.15) is 0 Å². The molecule has 1 fully saturated rings. The molecule has 0 bridgehead atoms.